The van der Waals surface area contributed by atoms with Crippen molar-refractivity contribution < 1.29 is 4.79 Å². The van der Waals surface area contributed by atoms with Gasteiger partial charge in [0.2, 0.25) is 0 Å². The van der Waals surface area contributed by atoms with Crippen molar-refractivity contribution >= 4 is 39.1 Å². The zero-order chi connectivity index (χ0) is 15.4. The molecule has 0 aliphatic carbocycles. The second-order valence-corrected chi connectivity index (χ2v) is 6.11. The summed E-state index contributed by atoms with van der Waals surface area (Å²) in [5, 5.41) is 3.07. The highest BCUT2D eigenvalue weighted by molar-refractivity contribution is 9.10. The molecule has 0 atom stereocenters. The number of rotatable bonds is 4. The number of hydrogen-bond donors (Lipinski definition) is 1. The highest BCUT2D eigenvalue weighted by Crippen LogP contribution is 2.21. The van der Waals surface area contributed by atoms with Gasteiger partial charge in [-0.15, -0.1) is 0 Å². The fourth-order valence-electron chi connectivity index (χ4n) is 1.89. The molecule has 2 rings (SSSR count). The van der Waals surface area contributed by atoms with E-state index in [1.165, 1.54) is 0 Å². The van der Waals surface area contributed by atoms with Crippen molar-refractivity contribution in [3.63, 3.8) is 0 Å². The van der Waals surface area contributed by atoms with Crippen LogP contribution >= 0.6 is 27.5 Å². The summed E-state index contributed by atoms with van der Waals surface area (Å²) in [6.45, 7) is 0.737. The molecule has 0 saturated heterocycles. The van der Waals surface area contributed by atoms with Crippen LogP contribution in [0.5, 0.6) is 0 Å². The number of nitrogens with zero attached hydrogens (tertiary/aromatic N) is 2. The van der Waals surface area contributed by atoms with E-state index in [9.17, 15) is 4.79 Å². The van der Waals surface area contributed by atoms with Crippen LogP contribution in [-0.4, -0.2) is 29.9 Å². The molecule has 0 saturated carbocycles. The number of benzene rings is 1. The molecule has 0 spiro atoms. The number of nitrogens with one attached hydrogen (secondary N) is 1. The minimum absolute atomic E-state index is 0.181. The smallest absolute Gasteiger partial charge is 0.258 e. The van der Waals surface area contributed by atoms with Gasteiger partial charge in [-0.25, -0.2) is 4.98 Å². The van der Waals surface area contributed by atoms with E-state index in [2.05, 4.69) is 26.2 Å². The van der Waals surface area contributed by atoms with Gasteiger partial charge in [-0.2, -0.15) is 0 Å². The van der Waals surface area contributed by atoms with Gasteiger partial charge in [0.1, 0.15) is 5.15 Å². The SMILES string of the molecule is CN(C)Cc1ccccc1NC(=O)c1cc(Br)cnc1Cl. The third-order valence-electron chi connectivity index (χ3n) is 2.80. The van der Waals surface area contributed by atoms with Gasteiger partial charge in [-0.3, -0.25) is 4.79 Å². The third kappa shape index (κ3) is 4.27. The quantitative estimate of drug-likeness (QED) is 0.835. The van der Waals surface area contributed by atoms with Crippen LogP contribution in [0.3, 0.4) is 0 Å². The van der Waals surface area contributed by atoms with Gasteiger partial charge in [0, 0.05) is 22.9 Å². The monoisotopic (exact) mass is 367 g/mol. The van der Waals surface area contributed by atoms with Crippen LogP contribution in [0, 0.1) is 0 Å². The normalized spacial score (nSPS) is 10.7. The van der Waals surface area contributed by atoms with Crippen molar-refractivity contribution in [1.82, 2.24) is 9.88 Å². The lowest BCUT2D eigenvalue weighted by molar-refractivity contribution is 0.102. The Morgan fingerprint density at radius 2 is 2.10 bits per heavy atom. The van der Waals surface area contributed by atoms with Crippen molar-refractivity contribution in [2.45, 2.75) is 6.54 Å². The van der Waals surface area contributed by atoms with Crippen molar-refractivity contribution in [3.05, 3.63) is 57.3 Å². The molecule has 0 fully saturated rings. The number of halogens is 2. The highest BCUT2D eigenvalue weighted by atomic mass is 79.9. The van der Waals surface area contributed by atoms with E-state index in [1.807, 2.05) is 43.3 Å². The topological polar surface area (TPSA) is 45.2 Å². The molecule has 1 aromatic heterocycles. The van der Waals surface area contributed by atoms with E-state index in [0.717, 1.165) is 17.8 Å². The largest absolute Gasteiger partial charge is 0.322 e. The molecule has 1 N–H and O–H groups in total. The molecule has 0 aliphatic heterocycles. The number of carbonyl (C=O) groups excluding carboxylic acids is 1. The summed E-state index contributed by atoms with van der Waals surface area (Å²) in [6, 6.07) is 9.34. The molecule has 0 bridgehead atoms. The molecular formula is C15H15BrClN3O. The lowest BCUT2D eigenvalue weighted by Crippen LogP contribution is -2.17. The first kappa shape index (κ1) is 15.9. The van der Waals surface area contributed by atoms with Crippen molar-refractivity contribution in [3.8, 4) is 0 Å². The Hall–Kier alpha value is -1.43. The molecule has 2 aromatic rings. The number of pyridine rings is 1. The Balaban J connectivity index is 2.25. The molecule has 1 amide bonds. The van der Waals surface area contributed by atoms with Gasteiger partial charge >= 0.3 is 0 Å². The van der Waals surface area contributed by atoms with E-state index >= 15 is 0 Å². The summed E-state index contributed by atoms with van der Waals surface area (Å²) in [4.78, 5) is 18.4. The Bertz CT molecular complexity index is 661. The fourth-order valence-corrected chi connectivity index (χ4v) is 2.41. The number of aromatic nitrogens is 1. The maximum absolute atomic E-state index is 12.4. The first-order valence-electron chi connectivity index (χ1n) is 6.32. The van der Waals surface area contributed by atoms with E-state index in [-0.39, 0.29) is 11.1 Å². The van der Waals surface area contributed by atoms with Gasteiger partial charge in [0.05, 0.1) is 5.56 Å². The zero-order valence-electron chi connectivity index (χ0n) is 11.7. The predicted molar refractivity (Wildman–Crippen MR) is 88.7 cm³/mol. The Morgan fingerprint density at radius 1 is 1.38 bits per heavy atom. The van der Waals surface area contributed by atoms with Crippen LogP contribution < -0.4 is 5.32 Å². The summed E-state index contributed by atoms with van der Waals surface area (Å²) in [5.74, 6) is -0.278. The van der Waals surface area contributed by atoms with E-state index in [0.29, 0.717) is 10.0 Å². The van der Waals surface area contributed by atoms with Crippen LogP contribution in [0.4, 0.5) is 5.69 Å². The van der Waals surface area contributed by atoms with E-state index in [4.69, 9.17) is 11.6 Å². The maximum Gasteiger partial charge on any atom is 0.258 e. The summed E-state index contributed by atoms with van der Waals surface area (Å²) >= 11 is 9.27. The number of carbonyl (C=O) groups is 1. The summed E-state index contributed by atoms with van der Waals surface area (Å²) < 4.78 is 0.707. The second-order valence-electron chi connectivity index (χ2n) is 4.84. The highest BCUT2D eigenvalue weighted by Gasteiger charge is 2.14. The average Bonchev–Trinajstić information content (AvgIpc) is 2.43. The van der Waals surface area contributed by atoms with Gasteiger partial charge < -0.3 is 10.2 Å². The molecule has 0 unspecified atom stereocenters. The van der Waals surface area contributed by atoms with Gasteiger partial charge in [0.15, 0.2) is 0 Å². The fraction of sp³-hybridized carbons (Fsp3) is 0.200. The Morgan fingerprint density at radius 3 is 2.81 bits per heavy atom. The molecule has 0 radical (unpaired) electrons. The summed E-state index contributed by atoms with van der Waals surface area (Å²) in [5.41, 5.74) is 2.15. The molecule has 0 aliphatic rings. The Labute approximate surface area is 137 Å². The third-order valence-corrected chi connectivity index (χ3v) is 3.54. The van der Waals surface area contributed by atoms with Gasteiger partial charge in [-0.1, -0.05) is 29.8 Å². The first-order valence-corrected chi connectivity index (χ1v) is 7.49. The molecule has 21 heavy (non-hydrogen) atoms. The predicted octanol–water partition coefficient (Wildman–Crippen LogP) is 3.81. The minimum atomic E-state index is -0.278. The average molecular weight is 369 g/mol. The zero-order valence-corrected chi connectivity index (χ0v) is 14.1. The van der Waals surface area contributed by atoms with Gasteiger partial charge in [-0.05, 0) is 47.7 Å². The van der Waals surface area contributed by atoms with Crippen LogP contribution in [0.2, 0.25) is 5.15 Å². The van der Waals surface area contributed by atoms with E-state index in [1.54, 1.807) is 12.3 Å². The molecule has 110 valence electrons. The molecular weight excluding hydrogens is 354 g/mol. The minimum Gasteiger partial charge on any atom is -0.322 e. The standard InChI is InChI=1S/C15H15BrClN3O/c1-20(2)9-10-5-3-4-6-13(10)19-15(21)12-7-11(16)8-18-14(12)17/h3-8H,9H2,1-2H3,(H,19,21). The van der Waals surface area contributed by atoms with Crippen molar-refractivity contribution in [2.75, 3.05) is 19.4 Å². The second kappa shape index (κ2) is 7.02. The number of anilines is 1. The number of para-hydroxylation sites is 1. The van der Waals surface area contributed by atoms with Gasteiger partial charge in [0.25, 0.3) is 5.91 Å². The molecule has 1 aromatic carbocycles. The summed E-state index contributed by atoms with van der Waals surface area (Å²) in [6.07, 6.45) is 1.55. The maximum atomic E-state index is 12.4. The lowest BCUT2D eigenvalue weighted by Gasteiger charge is -2.15. The van der Waals surface area contributed by atoms with Crippen molar-refractivity contribution in [2.24, 2.45) is 0 Å². The molecule has 4 nitrogen and oxygen atoms in total. The van der Waals surface area contributed by atoms with Crippen LogP contribution in [0.15, 0.2) is 41.0 Å². The van der Waals surface area contributed by atoms with Crippen molar-refractivity contribution in [1.29, 1.82) is 0 Å². The van der Waals surface area contributed by atoms with Crippen LogP contribution in [0.25, 0.3) is 0 Å². The van der Waals surface area contributed by atoms with Crippen LogP contribution in [0.1, 0.15) is 15.9 Å². The van der Waals surface area contributed by atoms with E-state index < -0.39 is 0 Å². The summed E-state index contributed by atoms with van der Waals surface area (Å²) in [7, 11) is 3.96. The molecule has 1 heterocycles. The lowest BCUT2D eigenvalue weighted by atomic mass is 10.1. The molecule has 6 heteroatoms. The first-order chi connectivity index (χ1) is 9.97. The van der Waals surface area contributed by atoms with Crippen LogP contribution in [-0.2, 0) is 6.54 Å². The Kier molecular flexibility index (Phi) is 5.33. The number of amides is 1. The number of hydrogen-bond acceptors (Lipinski definition) is 3.